The summed E-state index contributed by atoms with van der Waals surface area (Å²) < 4.78 is 0. The monoisotopic (exact) mass is 250 g/mol. The molecule has 2 unspecified atom stereocenters. The Bertz CT molecular complexity index is 375. The number of hydrogen-bond acceptors (Lipinski definition) is 2. The number of nitrogens with one attached hydrogen (secondary N) is 1. The molecule has 2 rings (SSSR count). The lowest BCUT2D eigenvalue weighted by Gasteiger charge is -2.36. The highest BCUT2D eigenvalue weighted by atomic mass is 16.4. The number of piperidine rings is 1. The number of likely N-dealkylation sites (tertiary alicyclic amines) is 1. The molecule has 1 saturated heterocycles. The molecule has 1 aliphatic rings. The molecular formula is C14H22N2O2. The van der Waals surface area contributed by atoms with Gasteiger partial charge < -0.3 is 10.1 Å². The van der Waals surface area contributed by atoms with Gasteiger partial charge in [-0.15, -0.1) is 0 Å². The highest BCUT2D eigenvalue weighted by Gasteiger charge is 2.28. The van der Waals surface area contributed by atoms with Crippen LogP contribution in [0.15, 0.2) is 18.3 Å². The van der Waals surface area contributed by atoms with Crippen molar-refractivity contribution in [3.8, 4) is 0 Å². The van der Waals surface area contributed by atoms with Gasteiger partial charge in [-0.2, -0.15) is 0 Å². The Balaban J connectivity index is 1.96. The van der Waals surface area contributed by atoms with Crippen LogP contribution < -0.4 is 0 Å². The summed E-state index contributed by atoms with van der Waals surface area (Å²) in [6, 6.07) is 4.56. The average Bonchev–Trinajstić information content (AvgIpc) is 2.89. The van der Waals surface area contributed by atoms with Crippen LogP contribution in [0.25, 0.3) is 0 Å². The molecule has 1 aromatic rings. The van der Waals surface area contributed by atoms with E-state index in [-0.39, 0.29) is 5.92 Å². The molecular weight excluding hydrogens is 228 g/mol. The van der Waals surface area contributed by atoms with Gasteiger partial charge in [0.2, 0.25) is 0 Å². The smallest absolute Gasteiger partial charge is 0.307 e. The fraction of sp³-hybridized carbons (Fsp3) is 0.643. The number of carboxylic acids is 1. The van der Waals surface area contributed by atoms with Gasteiger partial charge in [0.05, 0.1) is 5.92 Å². The summed E-state index contributed by atoms with van der Waals surface area (Å²) in [6.07, 6.45) is 5.81. The van der Waals surface area contributed by atoms with E-state index in [0.717, 1.165) is 32.2 Å². The normalized spacial score (nSPS) is 22.8. The third-order valence-electron chi connectivity index (χ3n) is 3.91. The van der Waals surface area contributed by atoms with Crippen molar-refractivity contribution in [3.63, 3.8) is 0 Å². The van der Waals surface area contributed by atoms with Crippen molar-refractivity contribution < 1.29 is 9.90 Å². The van der Waals surface area contributed by atoms with Crippen molar-refractivity contribution in [1.82, 2.24) is 9.88 Å². The van der Waals surface area contributed by atoms with Crippen molar-refractivity contribution in [1.29, 1.82) is 0 Å². The topological polar surface area (TPSA) is 56.3 Å². The number of nitrogens with zero attached hydrogens (tertiary/aromatic N) is 1. The molecule has 0 spiro atoms. The number of rotatable bonds is 5. The fourth-order valence-electron chi connectivity index (χ4n) is 2.82. The molecule has 4 nitrogen and oxygen atoms in total. The van der Waals surface area contributed by atoms with Crippen molar-refractivity contribution >= 4 is 5.97 Å². The molecule has 1 fully saturated rings. The van der Waals surface area contributed by atoms with Gasteiger partial charge in [-0.25, -0.2) is 0 Å². The van der Waals surface area contributed by atoms with E-state index in [4.69, 9.17) is 5.11 Å². The first-order valence-corrected chi connectivity index (χ1v) is 6.79. The predicted molar refractivity (Wildman–Crippen MR) is 70.5 cm³/mol. The summed E-state index contributed by atoms with van der Waals surface area (Å²) in [5.74, 6) is -0.828. The highest BCUT2D eigenvalue weighted by Crippen LogP contribution is 2.21. The van der Waals surface area contributed by atoms with E-state index >= 15 is 0 Å². The first-order valence-electron chi connectivity index (χ1n) is 6.79. The van der Waals surface area contributed by atoms with Crippen LogP contribution >= 0.6 is 0 Å². The molecule has 0 saturated carbocycles. The summed E-state index contributed by atoms with van der Waals surface area (Å²) in [5, 5.41) is 9.13. The van der Waals surface area contributed by atoms with Gasteiger partial charge >= 0.3 is 5.97 Å². The molecule has 1 aliphatic heterocycles. The zero-order chi connectivity index (χ0) is 13.0. The van der Waals surface area contributed by atoms with E-state index in [0.29, 0.717) is 12.6 Å². The Morgan fingerprint density at radius 2 is 2.50 bits per heavy atom. The molecule has 18 heavy (non-hydrogen) atoms. The number of carbonyl (C=O) groups is 1. The number of carboxylic acid groups (broad SMARTS) is 1. The molecule has 2 heterocycles. The van der Waals surface area contributed by atoms with Crippen molar-refractivity contribution in [2.24, 2.45) is 5.92 Å². The fourth-order valence-corrected chi connectivity index (χ4v) is 2.82. The molecule has 4 heteroatoms. The number of aromatic amines is 1. The van der Waals surface area contributed by atoms with Gasteiger partial charge in [-0.05, 0) is 37.9 Å². The Labute approximate surface area is 108 Å². The molecule has 0 aliphatic carbocycles. The largest absolute Gasteiger partial charge is 0.481 e. The predicted octanol–water partition coefficient (Wildman–Crippen LogP) is 2.13. The Hall–Kier alpha value is -1.29. The maximum atomic E-state index is 11.1. The van der Waals surface area contributed by atoms with E-state index in [1.807, 2.05) is 12.3 Å². The van der Waals surface area contributed by atoms with Gasteiger partial charge in [0.1, 0.15) is 0 Å². The quantitative estimate of drug-likeness (QED) is 0.841. The zero-order valence-corrected chi connectivity index (χ0v) is 10.9. The van der Waals surface area contributed by atoms with Crippen molar-refractivity contribution in [2.45, 2.75) is 38.6 Å². The summed E-state index contributed by atoms with van der Waals surface area (Å²) in [7, 11) is 0. The van der Waals surface area contributed by atoms with Crippen LogP contribution in [0.4, 0.5) is 0 Å². The maximum Gasteiger partial charge on any atom is 0.307 e. The van der Waals surface area contributed by atoms with E-state index in [1.165, 1.54) is 5.69 Å². The standard InChI is InChI=1S/C14H22N2O2/c1-2-13(9-12-6-3-7-15-12)16-8-4-5-11(10-16)14(17)18/h3,6-7,11,13,15H,2,4-5,8-10H2,1H3,(H,17,18). The van der Waals surface area contributed by atoms with Crippen LogP contribution in [0.3, 0.4) is 0 Å². The molecule has 0 radical (unpaired) electrons. The minimum Gasteiger partial charge on any atom is -0.481 e. The molecule has 100 valence electrons. The molecule has 0 bridgehead atoms. The lowest BCUT2D eigenvalue weighted by Crippen LogP contribution is -2.45. The Morgan fingerprint density at radius 1 is 1.67 bits per heavy atom. The first kappa shape index (κ1) is 13.1. The van der Waals surface area contributed by atoms with Crippen LogP contribution in [0.1, 0.15) is 31.9 Å². The number of aliphatic carboxylic acids is 1. The second-order valence-corrected chi connectivity index (χ2v) is 5.13. The second-order valence-electron chi connectivity index (χ2n) is 5.13. The van der Waals surface area contributed by atoms with Gasteiger partial charge in [0.25, 0.3) is 0 Å². The molecule has 0 amide bonds. The van der Waals surface area contributed by atoms with E-state index in [9.17, 15) is 4.79 Å². The minimum absolute atomic E-state index is 0.184. The van der Waals surface area contributed by atoms with Crippen molar-refractivity contribution in [2.75, 3.05) is 13.1 Å². The average molecular weight is 250 g/mol. The highest BCUT2D eigenvalue weighted by molar-refractivity contribution is 5.70. The lowest BCUT2D eigenvalue weighted by atomic mass is 9.95. The molecule has 1 aromatic heterocycles. The van der Waals surface area contributed by atoms with Gasteiger partial charge in [0, 0.05) is 30.9 Å². The lowest BCUT2D eigenvalue weighted by molar-refractivity contribution is -0.143. The van der Waals surface area contributed by atoms with E-state index < -0.39 is 5.97 Å². The third kappa shape index (κ3) is 3.13. The van der Waals surface area contributed by atoms with Crippen LogP contribution in [-0.4, -0.2) is 40.1 Å². The van der Waals surface area contributed by atoms with Crippen LogP contribution in [0, 0.1) is 5.92 Å². The number of hydrogen-bond donors (Lipinski definition) is 2. The Kier molecular flexibility index (Phi) is 4.42. The van der Waals surface area contributed by atoms with E-state index in [2.05, 4.69) is 22.9 Å². The van der Waals surface area contributed by atoms with Crippen LogP contribution in [0.2, 0.25) is 0 Å². The first-order chi connectivity index (χ1) is 8.70. The molecule has 0 aromatic carbocycles. The second kappa shape index (κ2) is 6.05. The zero-order valence-electron chi connectivity index (χ0n) is 10.9. The third-order valence-corrected chi connectivity index (χ3v) is 3.91. The van der Waals surface area contributed by atoms with Crippen LogP contribution in [0.5, 0.6) is 0 Å². The summed E-state index contributed by atoms with van der Waals surface area (Å²) in [6.45, 7) is 3.91. The summed E-state index contributed by atoms with van der Waals surface area (Å²) in [5.41, 5.74) is 1.24. The van der Waals surface area contributed by atoms with Gasteiger partial charge in [-0.1, -0.05) is 6.92 Å². The molecule has 2 N–H and O–H groups in total. The maximum absolute atomic E-state index is 11.1. The van der Waals surface area contributed by atoms with E-state index in [1.54, 1.807) is 0 Å². The number of H-pyrrole nitrogens is 1. The van der Waals surface area contributed by atoms with Crippen LogP contribution in [-0.2, 0) is 11.2 Å². The Morgan fingerprint density at radius 3 is 3.11 bits per heavy atom. The molecule has 2 atom stereocenters. The summed E-state index contributed by atoms with van der Waals surface area (Å²) in [4.78, 5) is 16.7. The van der Waals surface area contributed by atoms with Crippen molar-refractivity contribution in [3.05, 3.63) is 24.0 Å². The summed E-state index contributed by atoms with van der Waals surface area (Å²) >= 11 is 0. The van der Waals surface area contributed by atoms with Gasteiger partial charge in [-0.3, -0.25) is 9.69 Å². The van der Waals surface area contributed by atoms with Gasteiger partial charge in [0.15, 0.2) is 0 Å². The number of aromatic nitrogens is 1. The SMILES string of the molecule is CCC(Cc1ccc[nH]1)N1CCCC(C(=O)O)C1. The minimum atomic E-state index is -0.644.